The molecule has 14 heavy (non-hydrogen) atoms. The Morgan fingerprint density at radius 2 is 1.93 bits per heavy atom. The van der Waals surface area contributed by atoms with E-state index in [-0.39, 0.29) is 5.97 Å². The Morgan fingerprint density at radius 1 is 1.29 bits per heavy atom. The van der Waals surface area contributed by atoms with Gasteiger partial charge in [-0.15, -0.1) is 0 Å². The molecule has 82 valence electrons. The Bertz CT molecular complexity index is 187. The van der Waals surface area contributed by atoms with Crippen LogP contribution in [-0.2, 0) is 9.53 Å². The standard InChI is InChI=1S/C12H22O2/c1-5-6-7-8-9-10-14-11(13)12(2,3)4/h9-10H,5-8H2,1-4H3. The summed E-state index contributed by atoms with van der Waals surface area (Å²) < 4.78 is 4.97. The van der Waals surface area contributed by atoms with Crippen LogP contribution in [0.15, 0.2) is 12.3 Å². The lowest BCUT2D eigenvalue weighted by atomic mass is 9.98. The number of carbonyl (C=O) groups excluding carboxylic acids is 1. The monoisotopic (exact) mass is 198 g/mol. The number of carbonyl (C=O) groups is 1. The predicted octanol–water partition coefficient (Wildman–Crippen LogP) is 3.67. The molecular formula is C12H22O2. The van der Waals surface area contributed by atoms with Gasteiger partial charge in [-0.05, 0) is 39.7 Å². The summed E-state index contributed by atoms with van der Waals surface area (Å²) in [5.74, 6) is -0.177. The summed E-state index contributed by atoms with van der Waals surface area (Å²) in [6, 6.07) is 0. The van der Waals surface area contributed by atoms with Crippen LogP contribution in [0, 0.1) is 5.41 Å². The van der Waals surface area contributed by atoms with E-state index >= 15 is 0 Å². The van der Waals surface area contributed by atoms with E-state index < -0.39 is 5.41 Å². The maximum absolute atomic E-state index is 11.3. The van der Waals surface area contributed by atoms with Gasteiger partial charge in [-0.2, -0.15) is 0 Å². The van der Waals surface area contributed by atoms with Crippen molar-refractivity contribution in [3.05, 3.63) is 12.3 Å². The summed E-state index contributed by atoms with van der Waals surface area (Å²) in [7, 11) is 0. The Hall–Kier alpha value is -0.790. The maximum Gasteiger partial charge on any atom is 0.316 e. The van der Waals surface area contributed by atoms with Crippen molar-refractivity contribution < 1.29 is 9.53 Å². The van der Waals surface area contributed by atoms with Crippen molar-refractivity contribution >= 4 is 5.97 Å². The highest BCUT2D eigenvalue weighted by atomic mass is 16.5. The molecule has 2 heteroatoms. The third kappa shape index (κ3) is 6.70. The van der Waals surface area contributed by atoms with E-state index in [2.05, 4.69) is 6.92 Å². The summed E-state index contributed by atoms with van der Waals surface area (Å²) in [5.41, 5.74) is -0.409. The zero-order chi connectivity index (χ0) is 11.0. The minimum absolute atomic E-state index is 0.177. The van der Waals surface area contributed by atoms with Crippen LogP contribution in [-0.4, -0.2) is 5.97 Å². The summed E-state index contributed by atoms with van der Waals surface area (Å²) in [6.45, 7) is 7.71. The number of hydrogen-bond donors (Lipinski definition) is 0. The minimum atomic E-state index is -0.409. The summed E-state index contributed by atoms with van der Waals surface area (Å²) >= 11 is 0. The second-order valence-corrected chi connectivity index (χ2v) is 4.52. The molecule has 0 aromatic heterocycles. The topological polar surface area (TPSA) is 26.3 Å². The summed E-state index contributed by atoms with van der Waals surface area (Å²) in [6.07, 6.45) is 8.04. The zero-order valence-corrected chi connectivity index (χ0v) is 9.80. The van der Waals surface area contributed by atoms with Gasteiger partial charge in [0.25, 0.3) is 0 Å². The molecule has 0 saturated carbocycles. The van der Waals surface area contributed by atoms with Crippen LogP contribution < -0.4 is 0 Å². The average Bonchev–Trinajstić information content (AvgIpc) is 2.09. The largest absolute Gasteiger partial charge is 0.434 e. The number of hydrogen-bond acceptors (Lipinski definition) is 2. The molecule has 0 rings (SSSR count). The Balaban J connectivity index is 3.57. The summed E-state index contributed by atoms with van der Waals surface area (Å²) in [5, 5.41) is 0. The van der Waals surface area contributed by atoms with Crippen LogP contribution in [0.3, 0.4) is 0 Å². The highest BCUT2D eigenvalue weighted by Crippen LogP contribution is 2.15. The predicted molar refractivity (Wildman–Crippen MR) is 58.8 cm³/mol. The lowest BCUT2D eigenvalue weighted by Gasteiger charge is -2.13. The van der Waals surface area contributed by atoms with Crippen LogP contribution >= 0.6 is 0 Å². The van der Waals surface area contributed by atoms with Crippen LogP contribution in [0.25, 0.3) is 0 Å². The molecule has 0 aliphatic rings. The quantitative estimate of drug-likeness (QED) is 0.383. The van der Waals surface area contributed by atoms with Crippen molar-refractivity contribution in [1.82, 2.24) is 0 Å². The normalized spacial score (nSPS) is 12.0. The Morgan fingerprint density at radius 3 is 2.43 bits per heavy atom. The Labute approximate surface area is 87.3 Å². The number of ether oxygens (including phenoxy) is 1. The van der Waals surface area contributed by atoms with Crippen molar-refractivity contribution in [3.63, 3.8) is 0 Å². The first-order valence-corrected chi connectivity index (χ1v) is 5.34. The van der Waals surface area contributed by atoms with Gasteiger partial charge in [-0.1, -0.05) is 19.8 Å². The first kappa shape index (κ1) is 13.2. The molecule has 0 N–H and O–H groups in total. The fraction of sp³-hybridized carbons (Fsp3) is 0.750. The first-order valence-electron chi connectivity index (χ1n) is 5.34. The Kier molecular flexibility index (Phi) is 6.26. The molecule has 0 aliphatic carbocycles. The van der Waals surface area contributed by atoms with Gasteiger partial charge in [-0.25, -0.2) is 0 Å². The van der Waals surface area contributed by atoms with Gasteiger partial charge >= 0.3 is 5.97 Å². The van der Waals surface area contributed by atoms with Gasteiger partial charge in [-0.3, -0.25) is 4.79 Å². The zero-order valence-electron chi connectivity index (χ0n) is 9.80. The molecule has 0 unspecified atom stereocenters. The summed E-state index contributed by atoms with van der Waals surface area (Å²) in [4.78, 5) is 11.3. The first-order chi connectivity index (χ1) is 6.48. The molecule has 0 amide bonds. The van der Waals surface area contributed by atoms with Crippen molar-refractivity contribution in [1.29, 1.82) is 0 Å². The fourth-order valence-electron chi connectivity index (χ4n) is 0.867. The highest BCUT2D eigenvalue weighted by Gasteiger charge is 2.21. The molecule has 0 fully saturated rings. The molecule has 2 nitrogen and oxygen atoms in total. The molecule has 0 aliphatic heterocycles. The third-order valence-corrected chi connectivity index (χ3v) is 1.86. The molecule has 0 aromatic rings. The highest BCUT2D eigenvalue weighted by molar-refractivity contribution is 5.75. The second-order valence-electron chi connectivity index (χ2n) is 4.52. The smallest absolute Gasteiger partial charge is 0.316 e. The molecular weight excluding hydrogens is 176 g/mol. The van der Waals surface area contributed by atoms with E-state index in [1.807, 2.05) is 26.8 Å². The lowest BCUT2D eigenvalue weighted by molar-refractivity contribution is -0.146. The van der Waals surface area contributed by atoms with E-state index in [1.54, 1.807) is 0 Å². The number of allylic oxidation sites excluding steroid dienone is 1. The minimum Gasteiger partial charge on any atom is -0.434 e. The number of unbranched alkanes of at least 4 members (excludes halogenated alkanes) is 3. The fourth-order valence-corrected chi connectivity index (χ4v) is 0.867. The van der Waals surface area contributed by atoms with Gasteiger partial charge in [0.05, 0.1) is 11.7 Å². The van der Waals surface area contributed by atoms with Gasteiger partial charge in [0.2, 0.25) is 0 Å². The van der Waals surface area contributed by atoms with Crippen LogP contribution in [0.4, 0.5) is 0 Å². The lowest BCUT2D eigenvalue weighted by Crippen LogP contribution is -2.20. The second kappa shape index (κ2) is 6.63. The van der Waals surface area contributed by atoms with Crippen LogP contribution in [0.2, 0.25) is 0 Å². The third-order valence-electron chi connectivity index (χ3n) is 1.86. The molecule has 0 radical (unpaired) electrons. The SMILES string of the molecule is CCCCCC=COC(=O)C(C)(C)C. The molecule has 0 saturated heterocycles. The molecule has 0 bridgehead atoms. The average molecular weight is 198 g/mol. The van der Waals surface area contributed by atoms with E-state index in [0.717, 1.165) is 6.42 Å². The van der Waals surface area contributed by atoms with Gasteiger partial charge in [0.1, 0.15) is 0 Å². The number of esters is 1. The molecule has 0 heterocycles. The van der Waals surface area contributed by atoms with Crippen molar-refractivity contribution in [3.8, 4) is 0 Å². The van der Waals surface area contributed by atoms with E-state index in [4.69, 9.17) is 4.74 Å². The van der Waals surface area contributed by atoms with E-state index in [0.29, 0.717) is 0 Å². The maximum atomic E-state index is 11.3. The van der Waals surface area contributed by atoms with Crippen molar-refractivity contribution in [2.75, 3.05) is 0 Å². The van der Waals surface area contributed by atoms with E-state index in [1.165, 1.54) is 25.5 Å². The number of rotatable bonds is 5. The van der Waals surface area contributed by atoms with Crippen LogP contribution in [0.5, 0.6) is 0 Å². The van der Waals surface area contributed by atoms with Gasteiger partial charge in [0, 0.05) is 0 Å². The van der Waals surface area contributed by atoms with Crippen molar-refractivity contribution in [2.45, 2.75) is 53.4 Å². The van der Waals surface area contributed by atoms with Crippen molar-refractivity contribution in [2.24, 2.45) is 5.41 Å². The van der Waals surface area contributed by atoms with Crippen LogP contribution in [0.1, 0.15) is 53.4 Å². The molecule has 0 spiro atoms. The molecule has 0 atom stereocenters. The molecule has 0 aromatic carbocycles. The van der Waals surface area contributed by atoms with Gasteiger partial charge in [0.15, 0.2) is 0 Å². The van der Waals surface area contributed by atoms with E-state index in [9.17, 15) is 4.79 Å². The van der Waals surface area contributed by atoms with Gasteiger partial charge < -0.3 is 4.74 Å².